The van der Waals surface area contributed by atoms with Crippen molar-refractivity contribution in [3.8, 4) is 0 Å². The molecule has 2 aliphatic heterocycles. The summed E-state index contributed by atoms with van der Waals surface area (Å²) in [6.45, 7) is 1.29. The molecule has 4 atom stereocenters. The van der Waals surface area contributed by atoms with Gasteiger partial charge in [-0.05, 0) is 18.6 Å². The first-order valence-corrected chi connectivity index (χ1v) is 8.64. The monoisotopic (exact) mass is 367 g/mol. The van der Waals surface area contributed by atoms with Gasteiger partial charge in [-0.2, -0.15) is 0 Å². The predicted molar refractivity (Wildman–Crippen MR) is 93.8 cm³/mol. The molecule has 0 bridgehead atoms. The van der Waals surface area contributed by atoms with E-state index in [1.165, 1.54) is 16.8 Å². The number of para-hydroxylation sites is 1. The average molecular weight is 367 g/mol. The van der Waals surface area contributed by atoms with Crippen LogP contribution in [0, 0.1) is 6.92 Å². The molecule has 2 heterocycles. The van der Waals surface area contributed by atoms with Crippen molar-refractivity contribution in [2.24, 2.45) is 10.8 Å². The van der Waals surface area contributed by atoms with E-state index in [9.17, 15) is 15.3 Å². The lowest BCUT2D eigenvalue weighted by Crippen LogP contribution is -2.51. The zero-order valence-corrected chi connectivity index (χ0v) is 14.3. The summed E-state index contributed by atoms with van der Waals surface area (Å²) in [7, 11) is 0. The molecule has 0 radical (unpaired) electrons. The number of nitrogens with two attached hydrogens (primary N) is 1. The summed E-state index contributed by atoms with van der Waals surface area (Å²) in [4.78, 5) is 4.49. The van der Waals surface area contributed by atoms with Gasteiger partial charge in [-0.25, -0.2) is 15.8 Å². The maximum atomic E-state index is 10.3. The zero-order chi connectivity index (χ0) is 18.1. The number of nitrogens with zero attached hydrogens (tertiary/aromatic N) is 3. The third-order valence-electron chi connectivity index (χ3n) is 4.07. The van der Waals surface area contributed by atoms with Gasteiger partial charge in [0.1, 0.15) is 23.7 Å². The van der Waals surface area contributed by atoms with Gasteiger partial charge in [0.2, 0.25) is 5.96 Å². The number of rotatable bonds is 5. The summed E-state index contributed by atoms with van der Waals surface area (Å²) in [6.07, 6.45) is -4.25. The first-order chi connectivity index (χ1) is 11.9. The Balaban J connectivity index is 1.79. The number of thioether (sulfide) groups is 1. The smallest absolute Gasteiger partial charge is 0.239 e. The van der Waals surface area contributed by atoms with Crippen LogP contribution < -0.4 is 11.3 Å². The Morgan fingerprint density at radius 1 is 1.32 bits per heavy atom. The summed E-state index contributed by atoms with van der Waals surface area (Å²) >= 11 is 1.24. The van der Waals surface area contributed by atoms with Crippen LogP contribution in [0.5, 0.6) is 0 Å². The highest BCUT2D eigenvalue weighted by atomic mass is 32.2. The maximum absolute atomic E-state index is 10.3. The maximum Gasteiger partial charge on any atom is 0.239 e. The van der Waals surface area contributed by atoms with Crippen molar-refractivity contribution in [3.05, 3.63) is 41.1 Å². The number of benzene rings is 1. The van der Waals surface area contributed by atoms with Crippen molar-refractivity contribution in [3.63, 3.8) is 0 Å². The van der Waals surface area contributed by atoms with E-state index >= 15 is 0 Å². The van der Waals surface area contributed by atoms with Crippen molar-refractivity contribution < 1.29 is 20.4 Å². The van der Waals surface area contributed by atoms with Crippen LogP contribution in [0.1, 0.15) is 5.56 Å². The summed E-state index contributed by atoms with van der Waals surface area (Å²) in [6, 6.07) is 7.58. The fraction of sp³-hybridized carbons (Fsp3) is 0.400. The number of aliphatic hydroxyl groups is 4. The second-order valence-corrected chi connectivity index (χ2v) is 6.80. The second kappa shape index (κ2) is 7.20. The van der Waals surface area contributed by atoms with E-state index in [1.54, 1.807) is 10.4 Å². The Morgan fingerprint density at radius 3 is 2.72 bits per heavy atom. The fourth-order valence-corrected chi connectivity index (χ4v) is 3.65. The predicted octanol–water partition coefficient (Wildman–Crippen LogP) is -1.07. The molecule has 10 heteroatoms. The van der Waals surface area contributed by atoms with Gasteiger partial charge >= 0.3 is 0 Å². The Bertz CT molecular complexity index is 700. The number of hydrogen-bond acceptors (Lipinski definition) is 8. The van der Waals surface area contributed by atoms with Crippen LogP contribution in [0.25, 0.3) is 0 Å². The number of hydrazine groups is 2. The molecule has 25 heavy (non-hydrogen) atoms. The van der Waals surface area contributed by atoms with Gasteiger partial charge in [0.15, 0.2) is 5.82 Å². The van der Waals surface area contributed by atoms with Gasteiger partial charge in [-0.3, -0.25) is 10.4 Å². The number of aryl methyl sites for hydroxylation is 1. The second-order valence-electron chi connectivity index (χ2n) is 5.81. The molecule has 3 rings (SSSR count). The molecular weight excluding hydrogens is 346 g/mol. The van der Waals surface area contributed by atoms with Crippen LogP contribution in [0.3, 0.4) is 0 Å². The minimum atomic E-state index is -1.50. The standard InChI is InChI=1S/C15H21N5O4S/c1-8-4-2-3-5-9(8)17-15-18-20-11(19(15)16)7-25-14(20)13(24)12(23)10(22)6-21/h2-5,7,10,12-14,21-24H,6,16H2,1H3,(H,17,18)/t10-,12+,13-,14?/m1/s1. The number of aliphatic hydroxyl groups excluding tert-OH is 4. The molecule has 9 nitrogen and oxygen atoms in total. The summed E-state index contributed by atoms with van der Waals surface area (Å²) in [5, 5.41) is 42.7. The van der Waals surface area contributed by atoms with E-state index in [0.717, 1.165) is 11.3 Å². The van der Waals surface area contributed by atoms with Crippen LogP contribution in [0.2, 0.25) is 0 Å². The van der Waals surface area contributed by atoms with E-state index < -0.39 is 30.3 Å². The molecule has 1 fully saturated rings. The average Bonchev–Trinajstić information content (AvgIpc) is 3.15. The minimum Gasteiger partial charge on any atom is -0.394 e. The van der Waals surface area contributed by atoms with E-state index in [1.807, 2.05) is 31.2 Å². The molecule has 0 spiro atoms. The summed E-state index contributed by atoms with van der Waals surface area (Å²) in [5.74, 6) is 7.00. The van der Waals surface area contributed by atoms with Gasteiger partial charge in [-0.15, -0.1) is 11.8 Å². The number of fused-ring (bicyclic) bond motifs is 1. The zero-order valence-electron chi connectivity index (χ0n) is 13.5. The third kappa shape index (κ3) is 3.32. The van der Waals surface area contributed by atoms with Gasteiger partial charge in [0, 0.05) is 5.41 Å². The minimum absolute atomic E-state index is 0.371. The lowest BCUT2D eigenvalue weighted by Gasteiger charge is -2.30. The normalized spacial score (nSPS) is 24.8. The summed E-state index contributed by atoms with van der Waals surface area (Å²) < 4.78 is 0. The highest BCUT2D eigenvalue weighted by Gasteiger charge is 2.44. The number of nitrogens with one attached hydrogen (secondary N) is 1. The molecular formula is C15H21N5O4S. The lowest BCUT2D eigenvalue weighted by atomic mass is 10.1. The molecule has 2 aliphatic rings. The Labute approximate surface area is 149 Å². The molecule has 0 aromatic heterocycles. The van der Waals surface area contributed by atoms with Crippen LogP contribution in [0.15, 0.2) is 40.5 Å². The van der Waals surface area contributed by atoms with Crippen LogP contribution in [-0.4, -0.2) is 66.7 Å². The van der Waals surface area contributed by atoms with E-state index in [0.29, 0.717) is 11.8 Å². The molecule has 136 valence electrons. The largest absolute Gasteiger partial charge is 0.394 e. The Morgan fingerprint density at radius 2 is 2.04 bits per heavy atom. The van der Waals surface area contributed by atoms with Crippen LogP contribution in [0.4, 0.5) is 5.69 Å². The number of hydrogen-bond donors (Lipinski definition) is 6. The molecule has 1 aromatic rings. The highest BCUT2D eigenvalue weighted by Crippen LogP contribution is 2.36. The van der Waals surface area contributed by atoms with Crippen molar-refractivity contribution in [2.75, 3.05) is 6.61 Å². The SMILES string of the molecule is Cc1ccccc1N=C1NN2C(=CSC2[C@H](O)[C@@H](O)[C@H](O)CO)N1N. The van der Waals surface area contributed by atoms with E-state index in [4.69, 9.17) is 10.9 Å². The van der Waals surface area contributed by atoms with Crippen molar-refractivity contribution >= 4 is 23.4 Å². The third-order valence-corrected chi connectivity index (χ3v) is 5.19. The molecule has 1 saturated heterocycles. The number of aliphatic imine (C=N–C) groups is 1. The molecule has 1 aromatic carbocycles. The van der Waals surface area contributed by atoms with Gasteiger partial charge < -0.3 is 20.4 Å². The first-order valence-electron chi connectivity index (χ1n) is 7.69. The fourth-order valence-electron chi connectivity index (χ4n) is 2.56. The van der Waals surface area contributed by atoms with E-state index in [2.05, 4.69) is 10.4 Å². The number of guanidine groups is 1. The van der Waals surface area contributed by atoms with Gasteiger partial charge in [0.05, 0.1) is 12.3 Å². The molecule has 0 amide bonds. The van der Waals surface area contributed by atoms with E-state index in [-0.39, 0.29) is 0 Å². The molecule has 0 aliphatic carbocycles. The van der Waals surface area contributed by atoms with Crippen LogP contribution in [-0.2, 0) is 0 Å². The van der Waals surface area contributed by atoms with Crippen molar-refractivity contribution in [1.82, 2.24) is 15.4 Å². The molecule has 0 saturated carbocycles. The lowest BCUT2D eigenvalue weighted by molar-refractivity contribution is -0.0878. The summed E-state index contributed by atoms with van der Waals surface area (Å²) in [5.41, 5.74) is 4.74. The molecule has 7 N–H and O–H groups in total. The van der Waals surface area contributed by atoms with Crippen molar-refractivity contribution in [1.29, 1.82) is 0 Å². The topological polar surface area (TPSA) is 138 Å². The Kier molecular flexibility index (Phi) is 5.18. The molecule has 1 unspecified atom stereocenters. The van der Waals surface area contributed by atoms with Gasteiger partial charge in [0.25, 0.3) is 0 Å². The first kappa shape index (κ1) is 18.0. The van der Waals surface area contributed by atoms with Crippen molar-refractivity contribution in [2.45, 2.75) is 30.6 Å². The van der Waals surface area contributed by atoms with Crippen LogP contribution >= 0.6 is 11.8 Å². The quantitative estimate of drug-likeness (QED) is 0.359. The van der Waals surface area contributed by atoms with Gasteiger partial charge in [-0.1, -0.05) is 18.2 Å². The highest BCUT2D eigenvalue weighted by molar-refractivity contribution is 8.03. The Hall–Kier alpha value is -1.82.